The molecule has 19 heavy (non-hydrogen) atoms. The summed E-state index contributed by atoms with van der Waals surface area (Å²) in [6.45, 7) is 2.85. The molecule has 0 aliphatic heterocycles. The fourth-order valence-electron chi connectivity index (χ4n) is 2.13. The molecule has 0 heterocycles. The van der Waals surface area contributed by atoms with Gasteiger partial charge in [-0.2, -0.15) is 0 Å². The monoisotopic (exact) mass is 270 g/mol. The number of hydrogen-bond donors (Lipinski definition) is 1. The van der Waals surface area contributed by atoms with Crippen LogP contribution >= 0.6 is 0 Å². The number of hydrogen-bond acceptors (Lipinski definition) is 3. The first kappa shape index (κ1) is 15.3. The lowest BCUT2D eigenvalue weighted by Crippen LogP contribution is -2.23. The topological polar surface area (TPSA) is 55.8 Å². The maximum Gasteiger partial charge on any atom is 0.304 e. The predicted octanol–water partition coefficient (Wildman–Crippen LogP) is 2.93. The van der Waals surface area contributed by atoms with E-state index in [4.69, 9.17) is 14.6 Å². The fourth-order valence-corrected chi connectivity index (χ4v) is 2.13. The van der Waals surface area contributed by atoms with Gasteiger partial charge in [0.15, 0.2) is 11.5 Å². The zero-order valence-corrected chi connectivity index (χ0v) is 11.6. The van der Waals surface area contributed by atoms with E-state index in [1.54, 1.807) is 26.0 Å². The van der Waals surface area contributed by atoms with Crippen LogP contribution in [0.15, 0.2) is 12.1 Å². The molecule has 0 aliphatic rings. The molecule has 5 heteroatoms. The Kier molecular flexibility index (Phi) is 4.75. The number of halogens is 1. The molecule has 0 amide bonds. The summed E-state index contributed by atoms with van der Waals surface area (Å²) >= 11 is 0. The van der Waals surface area contributed by atoms with Gasteiger partial charge >= 0.3 is 5.97 Å². The molecule has 1 N–H and O–H groups in total. The molecule has 0 radical (unpaired) electrons. The fraction of sp³-hybridized carbons (Fsp3) is 0.500. The van der Waals surface area contributed by atoms with E-state index in [0.29, 0.717) is 22.6 Å². The lowest BCUT2D eigenvalue weighted by molar-refractivity contribution is -0.138. The Labute approximate surface area is 112 Å². The number of benzene rings is 1. The van der Waals surface area contributed by atoms with Gasteiger partial charge in [0.25, 0.3) is 0 Å². The quantitative estimate of drug-likeness (QED) is 0.863. The molecule has 0 spiro atoms. The Bertz CT molecular complexity index is 469. The van der Waals surface area contributed by atoms with Crippen molar-refractivity contribution in [2.45, 2.75) is 32.4 Å². The number of carboxylic acids is 1. The summed E-state index contributed by atoms with van der Waals surface area (Å²) in [5, 5.41) is 8.95. The van der Waals surface area contributed by atoms with Gasteiger partial charge in [-0.15, -0.1) is 0 Å². The molecule has 1 rings (SSSR count). The van der Waals surface area contributed by atoms with Gasteiger partial charge in [-0.05, 0) is 23.3 Å². The summed E-state index contributed by atoms with van der Waals surface area (Å²) in [5.41, 5.74) is 0.353. The Balaban J connectivity index is 3.36. The lowest BCUT2D eigenvalue weighted by atomic mass is 9.79. The molecule has 1 aromatic carbocycles. The number of carboxylic acid groups (broad SMARTS) is 1. The number of rotatable bonds is 6. The lowest BCUT2D eigenvalue weighted by Gasteiger charge is -2.26. The van der Waals surface area contributed by atoms with Crippen LogP contribution in [0.5, 0.6) is 11.5 Å². The average molecular weight is 270 g/mol. The molecule has 0 bridgehead atoms. The van der Waals surface area contributed by atoms with Crippen molar-refractivity contribution in [1.29, 1.82) is 0 Å². The van der Waals surface area contributed by atoms with Crippen LogP contribution in [-0.4, -0.2) is 25.3 Å². The summed E-state index contributed by atoms with van der Waals surface area (Å²) in [4.78, 5) is 10.9. The van der Waals surface area contributed by atoms with Crippen LogP contribution in [0.4, 0.5) is 4.39 Å². The molecule has 0 saturated heterocycles. The van der Waals surface area contributed by atoms with Crippen molar-refractivity contribution >= 4 is 5.97 Å². The van der Waals surface area contributed by atoms with Gasteiger partial charge in [0.1, 0.15) is 6.67 Å². The minimum Gasteiger partial charge on any atom is -0.493 e. The van der Waals surface area contributed by atoms with E-state index in [-0.39, 0.29) is 6.42 Å². The summed E-state index contributed by atoms with van der Waals surface area (Å²) in [6, 6.07) is 3.20. The third kappa shape index (κ3) is 3.36. The third-order valence-corrected chi connectivity index (χ3v) is 3.08. The highest BCUT2D eigenvalue weighted by atomic mass is 19.1. The van der Waals surface area contributed by atoms with E-state index in [9.17, 15) is 9.18 Å². The molecular weight excluding hydrogens is 251 g/mol. The van der Waals surface area contributed by atoms with Crippen molar-refractivity contribution in [2.24, 2.45) is 0 Å². The van der Waals surface area contributed by atoms with E-state index >= 15 is 0 Å². The first-order chi connectivity index (χ1) is 8.85. The SMILES string of the molecule is COc1cc(CF)c(C(C)(C)CC(=O)O)cc1OC. The Morgan fingerprint density at radius 2 is 1.79 bits per heavy atom. The van der Waals surface area contributed by atoms with E-state index < -0.39 is 18.1 Å². The van der Waals surface area contributed by atoms with E-state index in [1.165, 1.54) is 14.2 Å². The zero-order valence-electron chi connectivity index (χ0n) is 11.6. The first-order valence-electron chi connectivity index (χ1n) is 5.89. The van der Waals surface area contributed by atoms with Crippen molar-refractivity contribution in [1.82, 2.24) is 0 Å². The van der Waals surface area contributed by atoms with Crippen LogP contribution in [0.25, 0.3) is 0 Å². The molecule has 0 aromatic heterocycles. The molecule has 1 aromatic rings. The summed E-state index contributed by atoms with van der Waals surface area (Å²) in [6.07, 6.45) is -0.0878. The van der Waals surface area contributed by atoms with Crippen molar-refractivity contribution in [2.75, 3.05) is 14.2 Å². The van der Waals surface area contributed by atoms with Crippen molar-refractivity contribution < 1.29 is 23.8 Å². The second-order valence-corrected chi connectivity index (χ2v) is 4.95. The van der Waals surface area contributed by atoms with Crippen LogP contribution in [0.1, 0.15) is 31.4 Å². The molecule has 4 nitrogen and oxygen atoms in total. The van der Waals surface area contributed by atoms with Crippen LogP contribution in [-0.2, 0) is 16.9 Å². The maximum atomic E-state index is 13.2. The normalized spacial score (nSPS) is 11.2. The van der Waals surface area contributed by atoms with Crippen LogP contribution in [0.2, 0.25) is 0 Å². The van der Waals surface area contributed by atoms with Crippen LogP contribution in [0.3, 0.4) is 0 Å². The van der Waals surface area contributed by atoms with Gasteiger partial charge in [0, 0.05) is 5.41 Å². The molecule has 0 atom stereocenters. The second kappa shape index (κ2) is 5.91. The standard InChI is InChI=1S/C14H19FO4/c1-14(2,7-13(16)17)10-6-12(19-4)11(18-3)5-9(10)8-15/h5-6H,7-8H2,1-4H3,(H,16,17). The predicted molar refractivity (Wildman–Crippen MR) is 69.6 cm³/mol. The van der Waals surface area contributed by atoms with Gasteiger partial charge in [0.2, 0.25) is 0 Å². The highest BCUT2D eigenvalue weighted by Crippen LogP contribution is 2.38. The van der Waals surface area contributed by atoms with E-state index in [0.717, 1.165) is 0 Å². The van der Waals surface area contributed by atoms with E-state index in [2.05, 4.69) is 0 Å². The molecule has 0 saturated carbocycles. The second-order valence-electron chi connectivity index (χ2n) is 4.95. The van der Waals surface area contributed by atoms with Crippen molar-refractivity contribution in [3.63, 3.8) is 0 Å². The molecule has 0 aliphatic carbocycles. The van der Waals surface area contributed by atoms with Gasteiger partial charge < -0.3 is 14.6 Å². The highest BCUT2D eigenvalue weighted by Gasteiger charge is 2.28. The van der Waals surface area contributed by atoms with Gasteiger partial charge in [0.05, 0.1) is 20.6 Å². The average Bonchev–Trinajstić information content (AvgIpc) is 2.35. The molecule has 106 valence electrons. The summed E-state index contributed by atoms with van der Waals surface area (Å²) in [7, 11) is 2.96. The number of carbonyl (C=O) groups is 1. The number of aliphatic carboxylic acids is 1. The van der Waals surface area contributed by atoms with Gasteiger partial charge in [-0.3, -0.25) is 4.79 Å². The Morgan fingerprint density at radius 1 is 1.26 bits per heavy atom. The van der Waals surface area contributed by atoms with E-state index in [1.807, 2.05) is 0 Å². The number of ether oxygens (including phenoxy) is 2. The third-order valence-electron chi connectivity index (χ3n) is 3.08. The largest absolute Gasteiger partial charge is 0.493 e. The minimum absolute atomic E-state index is 0.0878. The van der Waals surface area contributed by atoms with Crippen LogP contribution < -0.4 is 9.47 Å². The Hall–Kier alpha value is -1.78. The van der Waals surface area contributed by atoms with Gasteiger partial charge in [-0.1, -0.05) is 13.8 Å². The number of alkyl halides is 1. The smallest absolute Gasteiger partial charge is 0.304 e. The summed E-state index contributed by atoms with van der Waals surface area (Å²) < 4.78 is 23.5. The number of methoxy groups -OCH3 is 2. The van der Waals surface area contributed by atoms with Crippen molar-refractivity contribution in [3.05, 3.63) is 23.3 Å². The summed E-state index contributed by atoms with van der Waals surface area (Å²) in [5.74, 6) is -0.0252. The Morgan fingerprint density at radius 3 is 2.21 bits per heavy atom. The minimum atomic E-state index is -0.926. The van der Waals surface area contributed by atoms with Gasteiger partial charge in [-0.25, -0.2) is 4.39 Å². The molecule has 0 unspecified atom stereocenters. The van der Waals surface area contributed by atoms with Crippen molar-refractivity contribution in [3.8, 4) is 11.5 Å². The maximum absolute atomic E-state index is 13.2. The highest BCUT2D eigenvalue weighted by molar-refractivity contribution is 5.69. The molecule has 0 fully saturated rings. The van der Waals surface area contributed by atoms with Crippen LogP contribution in [0, 0.1) is 0 Å². The zero-order chi connectivity index (χ0) is 14.6. The molecular formula is C14H19FO4. The first-order valence-corrected chi connectivity index (χ1v) is 5.89.